The Morgan fingerprint density at radius 1 is 1.18 bits per heavy atom. The maximum absolute atomic E-state index is 13.5. The lowest BCUT2D eigenvalue weighted by Gasteiger charge is -2.20. The Morgan fingerprint density at radius 3 is 2.64 bits per heavy atom. The molecule has 2 atom stereocenters. The first-order valence-electron chi connectivity index (χ1n) is 10.4. The van der Waals surface area contributed by atoms with Crippen molar-refractivity contribution in [3.63, 3.8) is 0 Å². The van der Waals surface area contributed by atoms with Gasteiger partial charge in [0.2, 0.25) is 5.91 Å². The number of amides is 3. The molecule has 5 rings (SSSR count). The van der Waals surface area contributed by atoms with E-state index in [2.05, 4.69) is 20.2 Å². The van der Waals surface area contributed by atoms with Crippen molar-refractivity contribution in [2.24, 2.45) is 0 Å². The maximum Gasteiger partial charge on any atom is 0.265 e. The van der Waals surface area contributed by atoms with Crippen molar-refractivity contribution < 1.29 is 14.4 Å². The molecule has 0 saturated carbocycles. The first kappa shape index (κ1) is 21.6. The van der Waals surface area contributed by atoms with Gasteiger partial charge in [0.25, 0.3) is 11.8 Å². The maximum atomic E-state index is 13.5. The summed E-state index contributed by atoms with van der Waals surface area (Å²) in [6.07, 6.45) is 2.38. The summed E-state index contributed by atoms with van der Waals surface area (Å²) in [5.74, 6) is -0.746. The molecule has 33 heavy (non-hydrogen) atoms. The Hall–Kier alpha value is -3.24. The second kappa shape index (κ2) is 8.60. The third-order valence-corrected chi connectivity index (χ3v) is 7.56. The van der Waals surface area contributed by atoms with E-state index in [9.17, 15) is 14.4 Å². The average molecular weight is 480 g/mol. The summed E-state index contributed by atoms with van der Waals surface area (Å²) in [7, 11) is 0. The monoisotopic (exact) mass is 479 g/mol. The highest BCUT2D eigenvalue weighted by atomic mass is 32.2. The number of rotatable bonds is 4. The second-order valence-corrected chi connectivity index (χ2v) is 9.68. The number of aryl methyl sites for hydroxylation is 1. The lowest BCUT2D eigenvalue weighted by molar-refractivity contribution is -0.119. The zero-order valence-corrected chi connectivity index (χ0v) is 19.6. The van der Waals surface area contributed by atoms with Crippen LogP contribution in [0.25, 0.3) is 11.1 Å². The molecule has 3 heterocycles. The fourth-order valence-electron chi connectivity index (χ4n) is 4.27. The molecule has 10 heteroatoms. The van der Waals surface area contributed by atoms with Crippen LogP contribution in [0.5, 0.6) is 0 Å². The van der Waals surface area contributed by atoms with E-state index in [-0.39, 0.29) is 30.3 Å². The molecular formula is C23H21N5O3S2. The fraction of sp³-hybridized carbons (Fsp3) is 0.261. The minimum absolute atomic E-state index is 0.219. The van der Waals surface area contributed by atoms with Gasteiger partial charge in [-0.1, -0.05) is 22.7 Å². The molecule has 3 amide bonds. The molecule has 0 aliphatic carbocycles. The summed E-state index contributed by atoms with van der Waals surface area (Å²) >= 11 is 2.70. The summed E-state index contributed by atoms with van der Waals surface area (Å²) in [5.41, 5.74) is 3.42. The van der Waals surface area contributed by atoms with Crippen LogP contribution in [-0.4, -0.2) is 57.1 Å². The third kappa shape index (κ3) is 4.00. The molecule has 0 radical (unpaired) electrons. The molecule has 3 aromatic rings. The number of carbonyl (C=O) groups is 3. The molecular weight excluding hydrogens is 458 g/mol. The number of thioether (sulfide) groups is 1. The van der Waals surface area contributed by atoms with Crippen molar-refractivity contribution in [2.45, 2.75) is 30.3 Å². The second-order valence-electron chi connectivity index (χ2n) is 8.04. The number of aromatic nitrogens is 2. The Labute approximate surface area is 198 Å². The molecule has 2 N–H and O–H groups in total. The van der Waals surface area contributed by atoms with Crippen molar-refractivity contribution in [1.82, 2.24) is 19.8 Å². The van der Waals surface area contributed by atoms with Crippen molar-refractivity contribution in [3.8, 4) is 11.1 Å². The van der Waals surface area contributed by atoms with E-state index in [0.29, 0.717) is 28.2 Å². The van der Waals surface area contributed by atoms with E-state index in [1.165, 1.54) is 0 Å². The van der Waals surface area contributed by atoms with Gasteiger partial charge in [-0.05, 0) is 66.5 Å². The quantitative estimate of drug-likeness (QED) is 0.557. The van der Waals surface area contributed by atoms with Crippen molar-refractivity contribution in [1.29, 1.82) is 0 Å². The zero-order valence-electron chi connectivity index (χ0n) is 18.0. The van der Waals surface area contributed by atoms with Crippen LogP contribution < -0.4 is 10.6 Å². The molecule has 8 nitrogen and oxygen atoms in total. The number of nitrogens with zero attached hydrogens (tertiary/aromatic N) is 3. The van der Waals surface area contributed by atoms with Crippen LogP contribution in [0.1, 0.15) is 32.1 Å². The van der Waals surface area contributed by atoms with Gasteiger partial charge in [0.05, 0.1) is 16.9 Å². The molecule has 0 unspecified atom stereocenters. The molecule has 2 aliphatic heterocycles. The van der Waals surface area contributed by atoms with Gasteiger partial charge in [0.15, 0.2) is 0 Å². The molecule has 0 spiro atoms. The number of anilines is 1. The normalized spacial score (nSPS) is 19.5. The van der Waals surface area contributed by atoms with Crippen LogP contribution in [0, 0.1) is 6.92 Å². The number of nitrogens with one attached hydrogen (secondary N) is 2. The van der Waals surface area contributed by atoms with Crippen LogP contribution >= 0.6 is 23.3 Å². The number of hydrogen-bond donors (Lipinski definition) is 2. The van der Waals surface area contributed by atoms with E-state index >= 15 is 0 Å². The van der Waals surface area contributed by atoms with Crippen LogP contribution in [-0.2, 0) is 4.79 Å². The molecule has 2 aliphatic rings. The standard InChI is InChI=1S/C23H21N5O3S2/c1-12-20(33-27-26-12)22(30)24-15-10-19-21(29)25-18-8-5-14(9-17(18)23(31)28(19)11-15)13-3-6-16(32-2)7-4-13/h3-9,15,19H,10-11H2,1-2H3,(H,24,30)(H,25,29)/t15-,19-/m0/s1. The smallest absolute Gasteiger partial charge is 0.265 e. The topological polar surface area (TPSA) is 104 Å². The van der Waals surface area contributed by atoms with Gasteiger partial charge >= 0.3 is 0 Å². The van der Waals surface area contributed by atoms with Crippen molar-refractivity contribution in [2.75, 3.05) is 18.1 Å². The van der Waals surface area contributed by atoms with Gasteiger partial charge in [-0.25, -0.2) is 0 Å². The van der Waals surface area contributed by atoms with Gasteiger partial charge in [0, 0.05) is 17.5 Å². The van der Waals surface area contributed by atoms with E-state index in [1.807, 2.05) is 42.7 Å². The molecule has 1 aromatic heterocycles. The minimum atomic E-state index is -0.639. The molecule has 1 fully saturated rings. The summed E-state index contributed by atoms with van der Waals surface area (Å²) in [4.78, 5) is 42.1. The van der Waals surface area contributed by atoms with Crippen LogP contribution in [0.3, 0.4) is 0 Å². The predicted octanol–water partition coefficient (Wildman–Crippen LogP) is 3.20. The summed E-state index contributed by atoms with van der Waals surface area (Å²) < 4.78 is 3.79. The van der Waals surface area contributed by atoms with Crippen LogP contribution in [0.2, 0.25) is 0 Å². The summed E-state index contributed by atoms with van der Waals surface area (Å²) in [5, 5.41) is 9.69. The third-order valence-electron chi connectivity index (χ3n) is 5.99. The van der Waals surface area contributed by atoms with Gasteiger partial charge in [-0.15, -0.1) is 16.9 Å². The predicted molar refractivity (Wildman–Crippen MR) is 128 cm³/mol. The largest absolute Gasteiger partial charge is 0.347 e. The first-order valence-corrected chi connectivity index (χ1v) is 12.4. The van der Waals surface area contributed by atoms with E-state index in [1.54, 1.807) is 29.7 Å². The Morgan fingerprint density at radius 2 is 1.94 bits per heavy atom. The number of carbonyl (C=O) groups excluding carboxylic acids is 3. The molecule has 0 bridgehead atoms. The minimum Gasteiger partial charge on any atom is -0.347 e. The summed E-state index contributed by atoms with van der Waals surface area (Å²) in [6.45, 7) is 1.99. The van der Waals surface area contributed by atoms with E-state index in [0.717, 1.165) is 27.6 Å². The van der Waals surface area contributed by atoms with Crippen LogP contribution in [0.15, 0.2) is 47.4 Å². The SMILES string of the molecule is CSc1ccc(-c2ccc3c(c2)C(=O)N2C[C@@H](NC(=O)c4snnc4C)C[C@H]2C(=O)N3)cc1. The Bertz CT molecular complexity index is 1260. The lowest BCUT2D eigenvalue weighted by atomic mass is 10.0. The zero-order chi connectivity index (χ0) is 23.1. The van der Waals surface area contributed by atoms with E-state index in [4.69, 9.17) is 0 Å². The Balaban J connectivity index is 1.40. The average Bonchev–Trinajstić information content (AvgIpc) is 3.43. The molecule has 1 saturated heterocycles. The van der Waals surface area contributed by atoms with Gasteiger partial charge in [0.1, 0.15) is 10.9 Å². The summed E-state index contributed by atoms with van der Waals surface area (Å²) in [6, 6.07) is 12.7. The molecule has 2 aromatic carbocycles. The number of fused-ring (bicyclic) bond motifs is 2. The van der Waals surface area contributed by atoms with Crippen molar-refractivity contribution >= 4 is 46.7 Å². The Kier molecular flexibility index (Phi) is 5.63. The first-order chi connectivity index (χ1) is 15.9. The van der Waals surface area contributed by atoms with Crippen molar-refractivity contribution in [3.05, 3.63) is 58.6 Å². The highest BCUT2D eigenvalue weighted by Crippen LogP contribution is 2.33. The fourth-order valence-corrected chi connectivity index (χ4v) is 5.24. The van der Waals surface area contributed by atoms with Gasteiger partial charge in [-0.3, -0.25) is 14.4 Å². The number of benzene rings is 2. The highest BCUT2D eigenvalue weighted by Gasteiger charge is 2.43. The lowest BCUT2D eigenvalue weighted by Crippen LogP contribution is -2.41. The van der Waals surface area contributed by atoms with Crippen LogP contribution in [0.4, 0.5) is 5.69 Å². The van der Waals surface area contributed by atoms with Gasteiger partial charge < -0.3 is 15.5 Å². The highest BCUT2D eigenvalue weighted by molar-refractivity contribution is 7.98. The van der Waals surface area contributed by atoms with E-state index < -0.39 is 6.04 Å². The molecule has 168 valence electrons. The van der Waals surface area contributed by atoms with Gasteiger partial charge in [-0.2, -0.15) is 0 Å². The number of hydrogen-bond acceptors (Lipinski definition) is 7.